The van der Waals surface area contributed by atoms with Crippen LogP contribution in [0, 0.1) is 0 Å². The van der Waals surface area contributed by atoms with E-state index in [-0.39, 0.29) is 17.0 Å². The normalized spacial score (nSPS) is 11.3. The van der Waals surface area contributed by atoms with Crippen molar-refractivity contribution >= 4 is 6.08 Å². The molecule has 0 amide bonds. The topological polar surface area (TPSA) is 0 Å². The van der Waals surface area contributed by atoms with Gasteiger partial charge in [0.25, 0.3) is 0 Å². The Labute approximate surface area is 91.0 Å². The first-order valence-electron chi connectivity index (χ1n) is 4.13. The van der Waals surface area contributed by atoms with Gasteiger partial charge in [-0.2, -0.15) is 0 Å². The molecule has 0 bridgehead atoms. The maximum absolute atomic E-state index is 2.16. The van der Waals surface area contributed by atoms with E-state index in [1.807, 2.05) is 6.07 Å². The van der Waals surface area contributed by atoms with E-state index >= 15 is 0 Å². The van der Waals surface area contributed by atoms with E-state index < -0.39 is 0 Å². The van der Waals surface area contributed by atoms with Crippen LogP contribution >= 0.6 is 0 Å². The lowest BCUT2D eigenvalue weighted by Crippen LogP contribution is -3.00. The maximum Gasteiger partial charge on any atom is 0.0958 e. The molecule has 0 spiro atoms. The van der Waals surface area contributed by atoms with E-state index in [2.05, 4.69) is 57.7 Å². The van der Waals surface area contributed by atoms with Gasteiger partial charge in [-0.1, -0.05) is 30.3 Å². The molecule has 0 aliphatic carbocycles. The molecule has 0 atom stereocenters. The molecule has 0 fully saturated rings. The standard InChI is InChI=1S/C11H16N.BrH/c1-12(2,3)10-9-11-7-5-4-6-8-11;/h4-10H,1-3H3;1H/q+1;/p-1/b10-9+;. The first kappa shape index (κ1) is 12.4. The minimum absolute atomic E-state index is 0. The third kappa shape index (κ3) is 5.61. The van der Waals surface area contributed by atoms with Crippen LogP contribution in [0.1, 0.15) is 5.56 Å². The van der Waals surface area contributed by atoms with Crippen molar-refractivity contribution in [2.24, 2.45) is 0 Å². The lowest BCUT2D eigenvalue weighted by Gasteiger charge is -2.17. The van der Waals surface area contributed by atoms with Gasteiger partial charge in [0, 0.05) is 0 Å². The predicted octanol–water partition coefficient (Wildman–Crippen LogP) is -0.632. The highest BCUT2D eigenvalue weighted by molar-refractivity contribution is 5.47. The SMILES string of the molecule is C[N+](C)(C)/C=C/c1ccccc1.[Br-]. The van der Waals surface area contributed by atoms with Crippen molar-refractivity contribution in [1.82, 2.24) is 0 Å². The van der Waals surface area contributed by atoms with Crippen LogP contribution in [0.15, 0.2) is 36.5 Å². The van der Waals surface area contributed by atoms with Crippen molar-refractivity contribution in [3.8, 4) is 0 Å². The van der Waals surface area contributed by atoms with Crippen molar-refractivity contribution in [2.75, 3.05) is 21.1 Å². The van der Waals surface area contributed by atoms with Crippen molar-refractivity contribution in [3.05, 3.63) is 42.1 Å². The molecular weight excluding hydrogens is 226 g/mol. The number of nitrogens with zero attached hydrogens (tertiary/aromatic N) is 1. The smallest absolute Gasteiger partial charge is 0.0958 e. The minimum Gasteiger partial charge on any atom is -1.00 e. The molecular formula is C11H16BrN. The van der Waals surface area contributed by atoms with E-state index in [0.717, 1.165) is 4.48 Å². The van der Waals surface area contributed by atoms with Crippen LogP contribution < -0.4 is 17.0 Å². The van der Waals surface area contributed by atoms with Gasteiger partial charge in [0.2, 0.25) is 0 Å². The Morgan fingerprint density at radius 1 is 1.00 bits per heavy atom. The summed E-state index contributed by atoms with van der Waals surface area (Å²) >= 11 is 0. The van der Waals surface area contributed by atoms with Crippen LogP contribution in [0.4, 0.5) is 0 Å². The molecule has 72 valence electrons. The Hall–Kier alpha value is -0.600. The maximum atomic E-state index is 2.16. The fourth-order valence-corrected chi connectivity index (χ4v) is 0.874. The Morgan fingerprint density at radius 2 is 1.54 bits per heavy atom. The lowest BCUT2D eigenvalue weighted by molar-refractivity contribution is -0.816. The lowest BCUT2D eigenvalue weighted by atomic mass is 10.2. The number of halogens is 1. The molecule has 0 N–H and O–H groups in total. The Morgan fingerprint density at radius 3 is 2.00 bits per heavy atom. The average molecular weight is 242 g/mol. The van der Waals surface area contributed by atoms with E-state index in [9.17, 15) is 0 Å². The summed E-state index contributed by atoms with van der Waals surface area (Å²) in [6.07, 6.45) is 4.30. The third-order valence-electron chi connectivity index (χ3n) is 1.51. The van der Waals surface area contributed by atoms with Crippen molar-refractivity contribution < 1.29 is 21.5 Å². The molecule has 0 saturated carbocycles. The third-order valence-corrected chi connectivity index (χ3v) is 1.51. The van der Waals surface area contributed by atoms with Gasteiger partial charge in [-0.3, -0.25) is 0 Å². The van der Waals surface area contributed by atoms with E-state index in [1.54, 1.807) is 0 Å². The zero-order valence-electron chi connectivity index (χ0n) is 8.37. The molecule has 1 aromatic carbocycles. The van der Waals surface area contributed by atoms with Gasteiger partial charge >= 0.3 is 0 Å². The van der Waals surface area contributed by atoms with Crippen molar-refractivity contribution in [1.29, 1.82) is 0 Å². The summed E-state index contributed by atoms with van der Waals surface area (Å²) in [6, 6.07) is 10.3. The summed E-state index contributed by atoms with van der Waals surface area (Å²) < 4.78 is 0.856. The van der Waals surface area contributed by atoms with Crippen LogP contribution in [0.25, 0.3) is 6.08 Å². The fraction of sp³-hybridized carbons (Fsp3) is 0.273. The van der Waals surface area contributed by atoms with Crippen molar-refractivity contribution in [2.45, 2.75) is 0 Å². The number of rotatable bonds is 2. The molecule has 13 heavy (non-hydrogen) atoms. The monoisotopic (exact) mass is 241 g/mol. The van der Waals surface area contributed by atoms with Gasteiger partial charge in [0.1, 0.15) is 0 Å². The highest BCUT2D eigenvalue weighted by Crippen LogP contribution is 2.03. The second-order valence-corrected chi connectivity index (χ2v) is 3.84. The highest BCUT2D eigenvalue weighted by atomic mass is 79.9. The summed E-state index contributed by atoms with van der Waals surface area (Å²) in [5, 5.41) is 0. The number of hydrogen-bond donors (Lipinski definition) is 0. The van der Waals surface area contributed by atoms with E-state index in [0.29, 0.717) is 0 Å². The fourth-order valence-electron chi connectivity index (χ4n) is 0.874. The first-order valence-corrected chi connectivity index (χ1v) is 4.13. The summed E-state index contributed by atoms with van der Waals surface area (Å²) in [5.41, 5.74) is 1.26. The van der Waals surface area contributed by atoms with Crippen molar-refractivity contribution in [3.63, 3.8) is 0 Å². The number of quaternary nitrogens is 1. The van der Waals surface area contributed by atoms with E-state index in [4.69, 9.17) is 0 Å². The van der Waals surface area contributed by atoms with Crippen LogP contribution in [-0.2, 0) is 0 Å². The Balaban J connectivity index is 0.00000144. The van der Waals surface area contributed by atoms with Crippen LogP contribution in [0.5, 0.6) is 0 Å². The van der Waals surface area contributed by atoms with Gasteiger partial charge < -0.3 is 21.5 Å². The van der Waals surface area contributed by atoms with Gasteiger partial charge in [0.15, 0.2) is 0 Å². The van der Waals surface area contributed by atoms with E-state index in [1.165, 1.54) is 5.56 Å². The summed E-state index contributed by atoms with van der Waals surface area (Å²) in [4.78, 5) is 0. The van der Waals surface area contributed by atoms with Crippen LogP contribution in [0.2, 0.25) is 0 Å². The number of benzene rings is 1. The van der Waals surface area contributed by atoms with Gasteiger partial charge in [0.05, 0.1) is 27.3 Å². The second kappa shape index (κ2) is 5.20. The molecule has 0 aromatic heterocycles. The molecule has 1 nitrogen and oxygen atoms in total. The van der Waals surface area contributed by atoms with Gasteiger partial charge in [-0.25, -0.2) is 0 Å². The molecule has 0 saturated heterocycles. The molecule has 0 aliphatic rings. The van der Waals surface area contributed by atoms with Gasteiger partial charge in [-0.05, 0) is 11.6 Å². The highest BCUT2D eigenvalue weighted by Gasteiger charge is 1.98. The molecule has 0 heterocycles. The largest absolute Gasteiger partial charge is 1.00 e. The minimum atomic E-state index is 0. The Kier molecular flexibility index (Phi) is 4.96. The molecule has 1 aromatic rings. The molecule has 0 unspecified atom stereocenters. The second-order valence-electron chi connectivity index (χ2n) is 3.84. The Bertz CT molecular complexity index is 259. The average Bonchev–Trinajstić information content (AvgIpc) is 2.02. The summed E-state index contributed by atoms with van der Waals surface area (Å²) in [7, 11) is 6.41. The van der Waals surface area contributed by atoms with Crippen LogP contribution in [-0.4, -0.2) is 25.6 Å². The molecule has 2 heteroatoms. The summed E-state index contributed by atoms with van der Waals surface area (Å²) in [5.74, 6) is 0. The molecule has 0 aliphatic heterocycles. The molecule has 1 rings (SSSR count). The first-order chi connectivity index (χ1) is 5.58. The summed E-state index contributed by atoms with van der Waals surface area (Å²) in [6.45, 7) is 0. The predicted molar refractivity (Wildman–Crippen MR) is 53.5 cm³/mol. The van der Waals surface area contributed by atoms with Crippen LogP contribution in [0.3, 0.4) is 0 Å². The zero-order chi connectivity index (χ0) is 9.03. The molecule has 0 radical (unpaired) electrons. The van der Waals surface area contributed by atoms with Gasteiger partial charge in [-0.15, -0.1) is 0 Å². The zero-order valence-corrected chi connectivity index (χ0v) is 9.95. The quantitative estimate of drug-likeness (QED) is 0.606. The number of hydrogen-bond acceptors (Lipinski definition) is 0.